The number of hydrogen-bond acceptors (Lipinski definition) is 6. The lowest BCUT2D eigenvalue weighted by molar-refractivity contribution is -0.130. The van der Waals surface area contributed by atoms with Crippen LogP contribution in [0.3, 0.4) is 0 Å². The van der Waals surface area contributed by atoms with E-state index < -0.39 is 5.54 Å². The van der Waals surface area contributed by atoms with E-state index in [9.17, 15) is 4.79 Å². The number of nitrogens with one attached hydrogen (secondary N) is 1. The maximum Gasteiger partial charge on any atom is 0.246 e. The largest absolute Gasteiger partial charge is 0.383 e. The smallest absolute Gasteiger partial charge is 0.246 e. The first-order valence-electron chi connectivity index (χ1n) is 8.02. The molecule has 1 aliphatic carbocycles. The molecule has 0 radical (unpaired) electrons. The highest BCUT2D eigenvalue weighted by Crippen LogP contribution is 2.60. The Kier molecular flexibility index (Phi) is 4.01. The van der Waals surface area contributed by atoms with Crippen molar-refractivity contribution in [3.63, 3.8) is 0 Å². The third-order valence-corrected chi connectivity index (χ3v) is 4.87. The number of hydrogen-bond donors (Lipinski definition) is 2. The van der Waals surface area contributed by atoms with E-state index in [1.54, 1.807) is 7.11 Å². The van der Waals surface area contributed by atoms with Gasteiger partial charge in [0.05, 0.1) is 12.3 Å². The summed E-state index contributed by atoms with van der Waals surface area (Å²) in [6.45, 7) is 6.34. The molecule has 1 saturated carbocycles. The molecule has 3 N–H and O–H groups in total. The van der Waals surface area contributed by atoms with Crippen LogP contribution in [0.5, 0.6) is 0 Å². The molecule has 4 rings (SSSR count). The lowest BCUT2D eigenvalue weighted by atomic mass is 9.62. The monoisotopic (exact) mass is 319 g/mol. The number of nitrogens with zero attached hydrogens (tertiary/aromatic N) is 3. The van der Waals surface area contributed by atoms with Crippen LogP contribution in [-0.2, 0) is 16.1 Å². The number of rotatable bonds is 6. The van der Waals surface area contributed by atoms with Gasteiger partial charge in [-0.15, -0.1) is 0 Å². The SMILES string of the molecule is COCCNC(=O)C12CC(C)(CN1c1cc(CN)nc(C)n1)C2. The molecule has 126 valence electrons. The molecule has 7 nitrogen and oxygen atoms in total. The van der Waals surface area contributed by atoms with E-state index in [2.05, 4.69) is 27.1 Å². The molecular weight excluding hydrogens is 294 g/mol. The predicted octanol–water partition coefficient (Wildman–Crippen LogP) is 0.365. The van der Waals surface area contributed by atoms with Crippen LogP contribution >= 0.6 is 0 Å². The summed E-state index contributed by atoms with van der Waals surface area (Å²) in [6, 6.07) is 1.90. The second-order valence-electron chi connectivity index (χ2n) is 7.00. The van der Waals surface area contributed by atoms with Crippen molar-refractivity contribution in [2.45, 2.75) is 38.8 Å². The molecule has 1 amide bonds. The van der Waals surface area contributed by atoms with Gasteiger partial charge in [-0.25, -0.2) is 9.97 Å². The molecule has 3 fully saturated rings. The molecule has 23 heavy (non-hydrogen) atoms. The maximum atomic E-state index is 12.8. The first kappa shape index (κ1) is 16.1. The van der Waals surface area contributed by atoms with Crippen molar-refractivity contribution in [1.29, 1.82) is 0 Å². The zero-order valence-corrected chi connectivity index (χ0v) is 14.1. The molecule has 0 atom stereocenters. The molecular formula is C16H25N5O2. The second-order valence-corrected chi connectivity index (χ2v) is 7.00. The molecule has 2 saturated heterocycles. The number of amides is 1. The van der Waals surface area contributed by atoms with Crippen LogP contribution in [0.4, 0.5) is 5.82 Å². The Hall–Kier alpha value is -1.73. The molecule has 1 aromatic rings. The number of carbonyl (C=O) groups excluding carboxylic acids is 1. The van der Waals surface area contributed by atoms with Crippen molar-refractivity contribution >= 4 is 11.7 Å². The van der Waals surface area contributed by atoms with E-state index >= 15 is 0 Å². The molecule has 0 spiro atoms. The summed E-state index contributed by atoms with van der Waals surface area (Å²) in [5, 5.41) is 2.99. The molecule has 0 unspecified atom stereocenters. The number of nitrogens with two attached hydrogens (primary N) is 1. The number of aromatic nitrogens is 2. The fourth-order valence-corrected chi connectivity index (χ4v) is 4.07. The van der Waals surface area contributed by atoms with Crippen molar-refractivity contribution in [2.24, 2.45) is 11.1 Å². The number of methoxy groups -OCH3 is 1. The van der Waals surface area contributed by atoms with Crippen LogP contribution < -0.4 is 16.0 Å². The van der Waals surface area contributed by atoms with Crippen LogP contribution in [-0.4, -0.2) is 48.2 Å². The average Bonchev–Trinajstić information content (AvgIpc) is 2.96. The molecule has 2 aliphatic heterocycles. The summed E-state index contributed by atoms with van der Waals surface area (Å²) in [6.07, 6.45) is 1.72. The molecule has 1 aromatic heterocycles. The van der Waals surface area contributed by atoms with Crippen molar-refractivity contribution < 1.29 is 9.53 Å². The van der Waals surface area contributed by atoms with Gasteiger partial charge in [-0.05, 0) is 25.2 Å². The number of carbonyl (C=O) groups is 1. The van der Waals surface area contributed by atoms with Crippen LogP contribution in [0.25, 0.3) is 0 Å². The van der Waals surface area contributed by atoms with Crippen LogP contribution in [0.15, 0.2) is 6.07 Å². The van der Waals surface area contributed by atoms with Gasteiger partial charge in [0.2, 0.25) is 5.91 Å². The normalized spacial score (nSPS) is 28.6. The molecule has 0 aromatic carbocycles. The maximum absolute atomic E-state index is 12.8. The average molecular weight is 319 g/mol. The molecule has 3 heterocycles. The zero-order valence-electron chi connectivity index (χ0n) is 14.1. The number of aryl methyl sites for hydroxylation is 1. The minimum atomic E-state index is -0.491. The Balaban J connectivity index is 1.86. The zero-order chi connectivity index (χ0) is 16.7. The fraction of sp³-hybridized carbons (Fsp3) is 0.688. The summed E-state index contributed by atoms with van der Waals surface area (Å²) in [5.74, 6) is 1.56. The van der Waals surface area contributed by atoms with Gasteiger partial charge in [0.1, 0.15) is 17.2 Å². The van der Waals surface area contributed by atoms with Gasteiger partial charge in [0.15, 0.2) is 0 Å². The molecule has 2 bridgehead atoms. The van der Waals surface area contributed by atoms with Gasteiger partial charge in [-0.3, -0.25) is 4.79 Å². The topological polar surface area (TPSA) is 93.4 Å². The molecule has 7 heteroatoms. The first-order valence-corrected chi connectivity index (χ1v) is 8.02. The lowest BCUT2D eigenvalue weighted by Crippen LogP contribution is -2.60. The second kappa shape index (κ2) is 5.72. The third kappa shape index (κ3) is 2.68. The van der Waals surface area contributed by atoms with Gasteiger partial charge in [-0.2, -0.15) is 0 Å². The van der Waals surface area contributed by atoms with E-state index in [4.69, 9.17) is 10.5 Å². The molecule has 3 aliphatic rings. The van der Waals surface area contributed by atoms with E-state index in [0.717, 1.165) is 30.9 Å². The van der Waals surface area contributed by atoms with Crippen molar-refractivity contribution in [1.82, 2.24) is 15.3 Å². The summed E-state index contributed by atoms with van der Waals surface area (Å²) in [7, 11) is 1.63. The van der Waals surface area contributed by atoms with Crippen LogP contribution in [0.2, 0.25) is 0 Å². The Morgan fingerprint density at radius 3 is 2.87 bits per heavy atom. The third-order valence-electron chi connectivity index (χ3n) is 4.87. The summed E-state index contributed by atoms with van der Waals surface area (Å²) in [4.78, 5) is 23.8. The van der Waals surface area contributed by atoms with Crippen LogP contribution in [0, 0.1) is 12.3 Å². The predicted molar refractivity (Wildman–Crippen MR) is 87.0 cm³/mol. The van der Waals surface area contributed by atoms with Crippen LogP contribution in [0.1, 0.15) is 31.3 Å². The Bertz CT molecular complexity index is 612. The minimum absolute atomic E-state index is 0.0649. The van der Waals surface area contributed by atoms with Crippen molar-refractivity contribution in [3.8, 4) is 0 Å². The van der Waals surface area contributed by atoms with E-state index in [1.165, 1.54) is 0 Å². The standard InChI is InChI=1S/C16H25N5O2/c1-11-19-12(7-17)6-13(20-11)21-10-15(2)8-16(21,9-15)14(22)18-4-5-23-3/h6H,4-5,7-10,17H2,1-3H3,(H,18,22). The number of fused-ring (bicyclic) bond motifs is 1. The van der Waals surface area contributed by atoms with Gasteiger partial charge >= 0.3 is 0 Å². The Morgan fingerprint density at radius 2 is 2.22 bits per heavy atom. The quantitative estimate of drug-likeness (QED) is 0.736. The fourth-order valence-electron chi connectivity index (χ4n) is 4.07. The summed E-state index contributed by atoms with van der Waals surface area (Å²) in [5.41, 5.74) is 6.22. The van der Waals surface area contributed by atoms with Crippen molar-refractivity contribution in [2.75, 3.05) is 31.7 Å². The van der Waals surface area contributed by atoms with E-state index in [0.29, 0.717) is 25.5 Å². The number of ether oxygens (including phenoxy) is 1. The van der Waals surface area contributed by atoms with Gasteiger partial charge in [0, 0.05) is 32.8 Å². The van der Waals surface area contributed by atoms with Crippen molar-refractivity contribution in [3.05, 3.63) is 17.6 Å². The highest BCUT2D eigenvalue weighted by Gasteiger charge is 2.67. The first-order chi connectivity index (χ1) is 10.9. The van der Waals surface area contributed by atoms with E-state index in [-0.39, 0.29) is 11.3 Å². The highest BCUT2D eigenvalue weighted by atomic mass is 16.5. The van der Waals surface area contributed by atoms with E-state index in [1.807, 2.05) is 13.0 Å². The Labute approximate surface area is 136 Å². The highest BCUT2D eigenvalue weighted by molar-refractivity contribution is 5.93. The summed E-state index contributed by atoms with van der Waals surface area (Å²) >= 11 is 0. The number of anilines is 1. The van der Waals surface area contributed by atoms with Gasteiger partial charge in [0.25, 0.3) is 0 Å². The Morgan fingerprint density at radius 1 is 1.48 bits per heavy atom. The van der Waals surface area contributed by atoms with Gasteiger partial charge < -0.3 is 20.7 Å². The van der Waals surface area contributed by atoms with Gasteiger partial charge in [-0.1, -0.05) is 6.92 Å². The summed E-state index contributed by atoms with van der Waals surface area (Å²) < 4.78 is 5.02. The lowest BCUT2D eigenvalue weighted by Gasteiger charge is -2.45. The minimum Gasteiger partial charge on any atom is -0.383 e.